The first kappa shape index (κ1) is 8.49. The number of oxime groups is 1. The van der Waals surface area contributed by atoms with Crippen molar-refractivity contribution < 1.29 is 9.57 Å². The van der Waals surface area contributed by atoms with E-state index < -0.39 is 0 Å². The predicted octanol–water partition coefficient (Wildman–Crippen LogP) is 0.646. The molecule has 0 aromatic carbocycles. The van der Waals surface area contributed by atoms with Gasteiger partial charge < -0.3 is 9.57 Å². The molecule has 0 radical (unpaired) electrons. The highest BCUT2D eigenvalue weighted by atomic mass is 16.6. The minimum atomic E-state index is 0.533. The van der Waals surface area contributed by atoms with Crippen molar-refractivity contribution in [1.82, 2.24) is 4.90 Å². The molecule has 0 bridgehead atoms. The Hall–Kier alpha value is -0.610. The smallest absolute Gasteiger partial charge is 0.172 e. The van der Waals surface area contributed by atoms with Crippen molar-refractivity contribution in [2.75, 3.05) is 26.6 Å². The van der Waals surface area contributed by atoms with Crippen LogP contribution in [0.4, 0.5) is 0 Å². The van der Waals surface area contributed by atoms with Gasteiger partial charge in [0, 0.05) is 6.54 Å². The molecular weight excluding hydrogens is 144 g/mol. The van der Waals surface area contributed by atoms with E-state index in [0.29, 0.717) is 13.5 Å². The summed E-state index contributed by atoms with van der Waals surface area (Å²) in [7, 11) is 0. The van der Waals surface area contributed by atoms with E-state index in [-0.39, 0.29) is 0 Å². The molecule has 0 N–H and O–H groups in total. The molecule has 1 aliphatic heterocycles. The molecule has 64 valence electrons. The van der Waals surface area contributed by atoms with Gasteiger partial charge in [-0.05, 0) is 13.8 Å². The molecule has 0 unspecified atom stereocenters. The molecule has 1 saturated heterocycles. The van der Waals surface area contributed by atoms with Crippen LogP contribution < -0.4 is 0 Å². The van der Waals surface area contributed by atoms with Crippen LogP contribution in [0.1, 0.15) is 13.8 Å². The Bertz CT molecular complexity index is 137. The molecule has 0 aromatic rings. The topological polar surface area (TPSA) is 34.1 Å². The molecule has 0 amide bonds. The molecule has 4 nitrogen and oxygen atoms in total. The SMILES string of the molecule is CC(C)=NOCN1CCOC1. The highest BCUT2D eigenvalue weighted by Crippen LogP contribution is 1.98. The average Bonchev–Trinajstić information content (AvgIpc) is 2.39. The van der Waals surface area contributed by atoms with Crippen molar-refractivity contribution in [3.05, 3.63) is 0 Å². The third-order valence-corrected chi connectivity index (χ3v) is 1.31. The lowest BCUT2D eigenvalue weighted by atomic mass is 10.5. The summed E-state index contributed by atoms with van der Waals surface area (Å²) in [4.78, 5) is 7.06. The van der Waals surface area contributed by atoms with Gasteiger partial charge in [0.05, 0.1) is 12.3 Å². The van der Waals surface area contributed by atoms with Crippen LogP contribution in [0.2, 0.25) is 0 Å². The van der Waals surface area contributed by atoms with Crippen molar-refractivity contribution in [3.8, 4) is 0 Å². The molecule has 0 saturated carbocycles. The molecule has 1 aliphatic rings. The summed E-state index contributed by atoms with van der Waals surface area (Å²) in [5.41, 5.74) is 0.935. The van der Waals surface area contributed by atoms with Crippen molar-refractivity contribution >= 4 is 5.71 Å². The van der Waals surface area contributed by atoms with E-state index in [2.05, 4.69) is 5.16 Å². The Labute approximate surface area is 66.8 Å². The zero-order valence-corrected chi connectivity index (χ0v) is 7.04. The van der Waals surface area contributed by atoms with Gasteiger partial charge in [-0.3, -0.25) is 0 Å². The normalized spacial score (nSPS) is 18.4. The third-order valence-electron chi connectivity index (χ3n) is 1.31. The summed E-state index contributed by atoms with van der Waals surface area (Å²) >= 11 is 0. The van der Waals surface area contributed by atoms with E-state index >= 15 is 0 Å². The highest BCUT2D eigenvalue weighted by molar-refractivity contribution is 5.78. The van der Waals surface area contributed by atoms with E-state index in [1.54, 1.807) is 0 Å². The Morgan fingerprint density at radius 1 is 1.64 bits per heavy atom. The van der Waals surface area contributed by atoms with Gasteiger partial charge in [-0.1, -0.05) is 5.16 Å². The summed E-state index contributed by atoms with van der Waals surface area (Å²) in [6, 6.07) is 0. The van der Waals surface area contributed by atoms with Gasteiger partial charge in [0.1, 0.15) is 6.73 Å². The second-order valence-corrected chi connectivity index (χ2v) is 2.73. The highest BCUT2D eigenvalue weighted by Gasteiger charge is 2.10. The summed E-state index contributed by atoms with van der Waals surface area (Å²) < 4.78 is 5.11. The summed E-state index contributed by atoms with van der Waals surface area (Å²) in [6.07, 6.45) is 0. The molecule has 0 aliphatic carbocycles. The van der Waals surface area contributed by atoms with Crippen LogP contribution in [-0.4, -0.2) is 37.2 Å². The van der Waals surface area contributed by atoms with Gasteiger partial charge in [-0.2, -0.15) is 0 Å². The molecule has 0 atom stereocenters. The third kappa shape index (κ3) is 3.34. The van der Waals surface area contributed by atoms with E-state index in [9.17, 15) is 0 Å². The molecule has 0 spiro atoms. The van der Waals surface area contributed by atoms with Crippen molar-refractivity contribution in [1.29, 1.82) is 0 Å². The summed E-state index contributed by atoms with van der Waals surface area (Å²) in [5, 5.41) is 3.81. The Morgan fingerprint density at radius 2 is 2.45 bits per heavy atom. The molecule has 1 rings (SSSR count). The summed E-state index contributed by atoms with van der Waals surface area (Å²) in [6.45, 7) is 6.75. The quantitative estimate of drug-likeness (QED) is 0.446. The fourth-order valence-corrected chi connectivity index (χ4v) is 0.793. The van der Waals surface area contributed by atoms with E-state index in [1.165, 1.54) is 0 Å². The lowest BCUT2D eigenvalue weighted by Crippen LogP contribution is -2.22. The van der Waals surface area contributed by atoms with Crippen LogP contribution in [0.25, 0.3) is 0 Å². The first-order valence-corrected chi connectivity index (χ1v) is 3.72. The molecule has 1 heterocycles. The van der Waals surface area contributed by atoms with Crippen LogP contribution in [-0.2, 0) is 9.57 Å². The zero-order chi connectivity index (χ0) is 8.10. The maximum Gasteiger partial charge on any atom is 0.172 e. The predicted molar refractivity (Wildman–Crippen MR) is 42.3 cm³/mol. The van der Waals surface area contributed by atoms with Crippen LogP contribution in [0.5, 0.6) is 0 Å². The second kappa shape index (κ2) is 4.31. The van der Waals surface area contributed by atoms with Gasteiger partial charge in [0.15, 0.2) is 6.73 Å². The monoisotopic (exact) mass is 158 g/mol. The van der Waals surface area contributed by atoms with Gasteiger partial charge >= 0.3 is 0 Å². The zero-order valence-electron chi connectivity index (χ0n) is 7.04. The average molecular weight is 158 g/mol. The van der Waals surface area contributed by atoms with Crippen LogP contribution in [0, 0.1) is 0 Å². The number of ether oxygens (including phenoxy) is 1. The van der Waals surface area contributed by atoms with Crippen LogP contribution in [0.3, 0.4) is 0 Å². The minimum Gasteiger partial charge on any atom is -0.380 e. The lowest BCUT2D eigenvalue weighted by Gasteiger charge is -2.09. The molecule has 11 heavy (non-hydrogen) atoms. The fraction of sp³-hybridized carbons (Fsp3) is 0.857. The first-order chi connectivity index (χ1) is 5.29. The largest absolute Gasteiger partial charge is 0.380 e. The molecule has 4 heteroatoms. The van der Waals surface area contributed by atoms with Gasteiger partial charge in [-0.25, -0.2) is 4.90 Å². The molecule has 1 fully saturated rings. The number of rotatable bonds is 3. The minimum absolute atomic E-state index is 0.533. The van der Waals surface area contributed by atoms with E-state index in [4.69, 9.17) is 9.57 Å². The van der Waals surface area contributed by atoms with Crippen LogP contribution in [0.15, 0.2) is 5.16 Å². The lowest BCUT2D eigenvalue weighted by molar-refractivity contribution is 0.0194. The van der Waals surface area contributed by atoms with Crippen molar-refractivity contribution in [3.63, 3.8) is 0 Å². The first-order valence-electron chi connectivity index (χ1n) is 3.72. The Kier molecular flexibility index (Phi) is 3.32. The Balaban J connectivity index is 2.07. The fourth-order valence-electron chi connectivity index (χ4n) is 0.793. The number of hydrogen-bond donors (Lipinski definition) is 0. The second-order valence-electron chi connectivity index (χ2n) is 2.73. The standard InChI is InChI=1S/C7H14N2O2/c1-7(2)8-11-6-9-3-4-10-5-9/h3-6H2,1-2H3. The van der Waals surface area contributed by atoms with Crippen LogP contribution >= 0.6 is 0 Å². The number of nitrogens with zero attached hydrogens (tertiary/aromatic N) is 2. The summed E-state index contributed by atoms with van der Waals surface area (Å²) in [5.74, 6) is 0. The Morgan fingerprint density at radius 3 is 3.00 bits per heavy atom. The molecule has 0 aromatic heterocycles. The number of hydrogen-bond acceptors (Lipinski definition) is 4. The van der Waals surface area contributed by atoms with E-state index in [0.717, 1.165) is 18.9 Å². The van der Waals surface area contributed by atoms with E-state index in [1.807, 2.05) is 18.7 Å². The maximum atomic E-state index is 5.11. The van der Waals surface area contributed by atoms with Gasteiger partial charge in [0.2, 0.25) is 0 Å². The van der Waals surface area contributed by atoms with Gasteiger partial charge in [0.25, 0.3) is 0 Å². The molecular formula is C7H14N2O2. The van der Waals surface area contributed by atoms with Gasteiger partial charge in [-0.15, -0.1) is 0 Å². The van der Waals surface area contributed by atoms with Crippen molar-refractivity contribution in [2.45, 2.75) is 13.8 Å². The maximum absolute atomic E-state index is 5.11. The van der Waals surface area contributed by atoms with Crippen molar-refractivity contribution in [2.24, 2.45) is 5.16 Å².